The van der Waals surface area contributed by atoms with Gasteiger partial charge in [0.05, 0.1) is 13.1 Å². The van der Waals surface area contributed by atoms with Crippen molar-refractivity contribution in [2.24, 2.45) is 5.92 Å². The number of carbonyl (C=O) groups excluding carboxylic acids is 1. The summed E-state index contributed by atoms with van der Waals surface area (Å²) in [4.78, 5) is 12.0. The minimum absolute atomic E-state index is 0.311. The van der Waals surface area contributed by atoms with E-state index in [1.54, 1.807) is 12.1 Å². The molecule has 0 amide bonds. The maximum Gasteiger partial charge on any atom is 0.331 e. The van der Waals surface area contributed by atoms with E-state index in [4.69, 9.17) is 16.3 Å². The normalized spacial score (nSPS) is 17.1. The highest BCUT2D eigenvalue weighted by atomic mass is 35.5. The zero-order chi connectivity index (χ0) is 15.3. The van der Waals surface area contributed by atoms with Crippen LogP contribution in [0.3, 0.4) is 0 Å². The molecular weight excluding hydrogens is 286 g/mol. The number of quaternary nitrogens is 1. The molecule has 0 aromatic heterocycles. The van der Waals surface area contributed by atoms with E-state index in [1.807, 2.05) is 32.0 Å². The standard InChI is InChI=1S/C17H22ClNO2/c1-17(2,14-9-11-19-12-10-14)21-16(20)8-7-13-5-3-4-6-15(13)18/h3-8,14,19H,9-12H2,1-2H3/p+1/b8-7+. The van der Waals surface area contributed by atoms with E-state index < -0.39 is 5.60 Å². The van der Waals surface area contributed by atoms with Crippen molar-refractivity contribution in [1.29, 1.82) is 0 Å². The Morgan fingerprint density at radius 2 is 2.00 bits per heavy atom. The van der Waals surface area contributed by atoms with Crippen molar-refractivity contribution < 1.29 is 14.8 Å². The molecule has 1 aliphatic heterocycles. The first-order chi connectivity index (χ1) is 9.99. The summed E-state index contributed by atoms with van der Waals surface area (Å²) in [6.45, 7) is 6.23. The summed E-state index contributed by atoms with van der Waals surface area (Å²) in [5, 5.41) is 2.94. The molecule has 1 fully saturated rings. The van der Waals surface area contributed by atoms with Crippen LogP contribution < -0.4 is 5.32 Å². The van der Waals surface area contributed by atoms with Gasteiger partial charge in [0.15, 0.2) is 0 Å². The van der Waals surface area contributed by atoms with Crippen molar-refractivity contribution in [1.82, 2.24) is 0 Å². The molecule has 0 bridgehead atoms. The summed E-state index contributed by atoms with van der Waals surface area (Å²) in [7, 11) is 0. The molecule has 1 aromatic rings. The molecule has 0 radical (unpaired) electrons. The van der Waals surface area contributed by atoms with Crippen molar-refractivity contribution >= 4 is 23.6 Å². The zero-order valence-electron chi connectivity index (χ0n) is 12.6. The smallest absolute Gasteiger partial charge is 0.331 e. The van der Waals surface area contributed by atoms with Crippen molar-refractivity contribution in [3.63, 3.8) is 0 Å². The lowest BCUT2D eigenvalue weighted by atomic mass is 9.83. The number of benzene rings is 1. The van der Waals surface area contributed by atoms with Crippen molar-refractivity contribution in [3.05, 3.63) is 40.9 Å². The highest BCUT2D eigenvalue weighted by Crippen LogP contribution is 2.28. The van der Waals surface area contributed by atoms with Crippen LogP contribution in [0.1, 0.15) is 32.3 Å². The van der Waals surface area contributed by atoms with Crippen LogP contribution in [0.25, 0.3) is 6.08 Å². The van der Waals surface area contributed by atoms with Crippen LogP contribution in [-0.2, 0) is 9.53 Å². The van der Waals surface area contributed by atoms with Crippen molar-refractivity contribution in [2.75, 3.05) is 13.1 Å². The molecule has 2 N–H and O–H groups in total. The fraction of sp³-hybridized carbons (Fsp3) is 0.471. The Kier molecular flexibility index (Phi) is 5.43. The van der Waals surface area contributed by atoms with Gasteiger partial charge in [0.2, 0.25) is 0 Å². The summed E-state index contributed by atoms with van der Waals surface area (Å²) >= 11 is 6.06. The van der Waals surface area contributed by atoms with E-state index in [1.165, 1.54) is 6.08 Å². The Bertz CT molecular complexity index is 519. The summed E-state index contributed by atoms with van der Waals surface area (Å²) in [5.41, 5.74) is 0.400. The summed E-state index contributed by atoms with van der Waals surface area (Å²) in [6.07, 6.45) is 5.34. The minimum Gasteiger partial charge on any atom is -0.456 e. The lowest BCUT2D eigenvalue weighted by Crippen LogP contribution is -2.86. The molecular formula is C17H23ClNO2+. The first-order valence-corrected chi connectivity index (χ1v) is 7.84. The van der Waals surface area contributed by atoms with E-state index in [-0.39, 0.29) is 5.97 Å². The molecule has 3 nitrogen and oxygen atoms in total. The van der Waals surface area contributed by atoms with Crippen LogP contribution in [0.5, 0.6) is 0 Å². The van der Waals surface area contributed by atoms with Crippen LogP contribution >= 0.6 is 11.6 Å². The Morgan fingerprint density at radius 1 is 1.33 bits per heavy atom. The van der Waals surface area contributed by atoms with Crippen LogP contribution in [0, 0.1) is 5.92 Å². The van der Waals surface area contributed by atoms with Gasteiger partial charge < -0.3 is 10.1 Å². The topological polar surface area (TPSA) is 42.9 Å². The minimum atomic E-state index is -0.420. The Labute approximate surface area is 131 Å². The van der Waals surface area contributed by atoms with Crippen LogP contribution in [0.2, 0.25) is 5.02 Å². The lowest BCUT2D eigenvalue weighted by molar-refractivity contribution is -0.665. The predicted octanol–water partition coefficient (Wildman–Crippen LogP) is 2.65. The number of hydrogen-bond acceptors (Lipinski definition) is 2. The second-order valence-electron chi connectivity index (χ2n) is 6.02. The number of piperidine rings is 1. The van der Waals surface area contributed by atoms with Crippen LogP contribution in [-0.4, -0.2) is 24.7 Å². The number of halogens is 1. The van der Waals surface area contributed by atoms with E-state index in [0.29, 0.717) is 10.9 Å². The van der Waals surface area contributed by atoms with Crippen molar-refractivity contribution in [3.8, 4) is 0 Å². The molecule has 4 heteroatoms. The van der Waals surface area contributed by atoms with Gasteiger partial charge in [0, 0.05) is 29.9 Å². The van der Waals surface area contributed by atoms with Gasteiger partial charge in [-0.15, -0.1) is 0 Å². The number of hydrogen-bond donors (Lipinski definition) is 1. The average Bonchev–Trinajstić information content (AvgIpc) is 2.47. The number of esters is 1. The van der Waals surface area contributed by atoms with Gasteiger partial charge in [-0.05, 0) is 31.6 Å². The summed E-state index contributed by atoms with van der Waals surface area (Å²) < 4.78 is 5.66. The predicted molar refractivity (Wildman–Crippen MR) is 85.0 cm³/mol. The highest BCUT2D eigenvalue weighted by Gasteiger charge is 2.34. The van der Waals surface area contributed by atoms with Gasteiger partial charge in [-0.3, -0.25) is 0 Å². The molecule has 1 saturated heterocycles. The van der Waals surface area contributed by atoms with Crippen LogP contribution in [0.15, 0.2) is 30.3 Å². The number of carbonyl (C=O) groups is 1. The van der Waals surface area contributed by atoms with E-state index in [9.17, 15) is 4.79 Å². The molecule has 1 aromatic carbocycles. The second kappa shape index (κ2) is 7.10. The Hall–Kier alpha value is -1.32. The third-order valence-electron chi connectivity index (χ3n) is 4.09. The van der Waals surface area contributed by atoms with E-state index in [0.717, 1.165) is 31.5 Å². The number of ether oxygens (including phenoxy) is 1. The van der Waals surface area contributed by atoms with Gasteiger partial charge in [-0.1, -0.05) is 29.8 Å². The first-order valence-electron chi connectivity index (χ1n) is 7.46. The Balaban J connectivity index is 1.96. The molecule has 2 rings (SSSR count). The first kappa shape index (κ1) is 16.1. The third kappa shape index (κ3) is 4.58. The number of nitrogens with two attached hydrogens (primary N) is 1. The Morgan fingerprint density at radius 3 is 2.67 bits per heavy atom. The molecule has 0 aliphatic carbocycles. The molecule has 0 unspecified atom stereocenters. The van der Waals surface area contributed by atoms with Crippen molar-refractivity contribution in [2.45, 2.75) is 32.3 Å². The van der Waals surface area contributed by atoms with Crippen LogP contribution in [0.4, 0.5) is 0 Å². The molecule has 0 spiro atoms. The highest BCUT2D eigenvalue weighted by molar-refractivity contribution is 6.32. The lowest BCUT2D eigenvalue weighted by Gasteiger charge is -2.35. The van der Waals surface area contributed by atoms with Gasteiger partial charge in [0.1, 0.15) is 5.60 Å². The number of rotatable bonds is 4. The third-order valence-corrected chi connectivity index (χ3v) is 4.43. The van der Waals surface area contributed by atoms with Gasteiger partial charge in [-0.2, -0.15) is 0 Å². The maximum atomic E-state index is 12.0. The molecule has 114 valence electrons. The fourth-order valence-corrected chi connectivity index (χ4v) is 2.97. The average molecular weight is 309 g/mol. The molecule has 1 heterocycles. The summed E-state index contributed by atoms with van der Waals surface area (Å²) in [5.74, 6) is 0.120. The SMILES string of the molecule is CC(C)(OC(=O)/C=C/c1ccccc1Cl)C1CC[NH2+]CC1. The van der Waals surface area contributed by atoms with Gasteiger partial charge >= 0.3 is 5.97 Å². The zero-order valence-corrected chi connectivity index (χ0v) is 13.4. The van der Waals surface area contributed by atoms with Gasteiger partial charge in [-0.25, -0.2) is 4.79 Å². The monoisotopic (exact) mass is 308 g/mol. The second-order valence-corrected chi connectivity index (χ2v) is 6.43. The summed E-state index contributed by atoms with van der Waals surface area (Å²) in [6, 6.07) is 7.42. The fourth-order valence-electron chi connectivity index (χ4n) is 2.77. The molecule has 0 saturated carbocycles. The van der Waals surface area contributed by atoms with Gasteiger partial charge in [0.25, 0.3) is 0 Å². The van der Waals surface area contributed by atoms with E-state index in [2.05, 4.69) is 5.32 Å². The largest absolute Gasteiger partial charge is 0.456 e. The molecule has 0 atom stereocenters. The maximum absolute atomic E-state index is 12.0. The molecule has 1 aliphatic rings. The quantitative estimate of drug-likeness (QED) is 0.686. The van der Waals surface area contributed by atoms with E-state index >= 15 is 0 Å². The molecule has 21 heavy (non-hydrogen) atoms.